The fourth-order valence-corrected chi connectivity index (χ4v) is 2.57. The molecule has 0 aromatic carbocycles. The van der Waals surface area contributed by atoms with Gasteiger partial charge in [-0.3, -0.25) is 9.89 Å². The lowest BCUT2D eigenvalue weighted by atomic mass is 10.00. The van der Waals surface area contributed by atoms with Gasteiger partial charge in [-0.2, -0.15) is 5.10 Å². The lowest BCUT2D eigenvalue weighted by molar-refractivity contribution is 0.0940. The Labute approximate surface area is 135 Å². The fraction of sp³-hybridized carbons (Fsp3) is 0.467. The van der Waals surface area contributed by atoms with Crippen molar-refractivity contribution >= 4 is 18.3 Å². The highest BCUT2D eigenvalue weighted by atomic mass is 35.5. The first kappa shape index (κ1) is 16.6. The number of carbonyl (C=O) groups is 1. The largest absolute Gasteiger partial charge is 0.460 e. The van der Waals surface area contributed by atoms with Crippen LogP contribution >= 0.6 is 12.4 Å². The number of nitrogens with zero attached hydrogens (tertiary/aromatic N) is 1. The number of nitrogens with one attached hydrogen (secondary N) is 3. The van der Waals surface area contributed by atoms with Crippen LogP contribution in [0.15, 0.2) is 22.6 Å². The number of amides is 1. The smallest absolute Gasteiger partial charge is 0.271 e. The molecule has 0 bridgehead atoms. The van der Waals surface area contributed by atoms with Gasteiger partial charge in [0.2, 0.25) is 0 Å². The number of hydrogen-bond acceptors (Lipinski definition) is 4. The van der Waals surface area contributed by atoms with E-state index in [4.69, 9.17) is 4.42 Å². The van der Waals surface area contributed by atoms with E-state index in [1.165, 1.54) is 6.42 Å². The molecule has 1 aliphatic heterocycles. The van der Waals surface area contributed by atoms with Crippen LogP contribution in [0.4, 0.5) is 0 Å². The Hall–Kier alpha value is -1.79. The lowest BCUT2D eigenvalue weighted by Crippen LogP contribution is -2.38. The first-order valence-electron chi connectivity index (χ1n) is 7.33. The Morgan fingerprint density at radius 1 is 1.50 bits per heavy atom. The summed E-state index contributed by atoms with van der Waals surface area (Å²) in [7, 11) is 0. The third-order valence-corrected chi connectivity index (χ3v) is 3.77. The summed E-state index contributed by atoms with van der Waals surface area (Å²) in [5, 5.41) is 13.2. The van der Waals surface area contributed by atoms with Crippen molar-refractivity contribution in [2.24, 2.45) is 5.92 Å². The van der Waals surface area contributed by atoms with Crippen molar-refractivity contribution in [3.8, 4) is 11.5 Å². The molecule has 3 heterocycles. The van der Waals surface area contributed by atoms with Crippen molar-refractivity contribution < 1.29 is 9.21 Å². The van der Waals surface area contributed by atoms with Gasteiger partial charge >= 0.3 is 0 Å². The molecule has 0 spiro atoms. The molecule has 6 nitrogen and oxygen atoms in total. The Morgan fingerprint density at radius 2 is 2.36 bits per heavy atom. The van der Waals surface area contributed by atoms with E-state index in [1.54, 1.807) is 6.07 Å². The summed E-state index contributed by atoms with van der Waals surface area (Å²) in [4.78, 5) is 12.1. The summed E-state index contributed by atoms with van der Waals surface area (Å²) in [5.41, 5.74) is 1.11. The molecule has 3 N–H and O–H groups in total. The number of rotatable bonds is 4. The molecule has 0 saturated carbocycles. The molecule has 1 atom stereocenters. The van der Waals surface area contributed by atoms with Gasteiger partial charge in [-0.05, 0) is 50.9 Å². The van der Waals surface area contributed by atoms with E-state index < -0.39 is 0 Å². The maximum absolute atomic E-state index is 12.1. The zero-order chi connectivity index (χ0) is 14.7. The third-order valence-electron chi connectivity index (χ3n) is 3.77. The standard InChI is InChI=1S/C15H20N4O2.ClH/c1-10-4-5-14(21-10)12-7-13(19-18-12)15(20)17-9-11-3-2-6-16-8-11;/h4-5,7,11,16H,2-3,6,8-9H2,1H3,(H,17,20)(H,18,19);1H. The molecule has 7 heteroatoms. The zero-order valence-electron chi connectivity index (χ0n) is 12.5. The van der Waals surface area contributed by atoms with Crippen LogP contribution in [-0.2, 0) is 0 Å². The van der Waals surface area contributed by atoms with Crippen molar-refractivity contribution in [3.05, 3.63) is 29.7 Å². The molecule has 1 unspecified atom stereocenters. The van der Waals surface area contributed by atoms with Crippen LogP contribution in [0.5, 0.6) is 0 Å². The molecule has 22 heavy (non-hydrogen) atoms. The minimum absolute atomic E-state index is 0. The summed E-state index contributed by atoms with van der Waals surface area (Å²) in [6, 6.07) is 5.46. The van der Waals surface area contributed by atoms with Gasteiger partial charge in [0.15, 0.2) is 11.5 Å². The molecular weight excluding hydrogens is 304 g/mol. The van der Waals surface area contributed by atoms with Crippen LogP contribution in [0, 0.1) is 12.8 Å². The average Bonchev–Trinajstić information content (AvgIpc) is 3.14. The van der Waals surface area contributed by atoms with Gasteiger partial charge in [-0.25, -0.2) is 0 Å². The minimum Gasteiger partial charge on any atom is -0.460 e. The van der Waals surface area contributed by atoms with Crippen LogP contribution in [0.1, 0.15) is 29.1 Å². The van der Waals surface area contributed by atoms with Crippen LogP contribution in [0.25, 0.3) is 11.5 Å². The number of H-pyrrole nitrogens is 1. The number of halogens is 1. The second-order valence-corrected chi connectivity index (χ2v) is 5.50. The number of carbonyl (C=O) groups excluding carboxylic acids is 1. The number of furan rings is 1. The van der Waals surface area contributed by atoms with Crippen LogP contribution < -0.4 is 10.6 Å². The fourth-order valence-electron chi connectivity index (χ4n) is 2.57. The molecule has 2 aromatic rings. The van der Waals surface area contributed by atoms with Gasteiger partial charge in [0.05, 0.1) is 0 Å². The van der Waals surface area contributed by atoms with Crippen molar-refractivity contribution in [1.82, 2.24) is 20.8 Å². The highest BCUT2D eigenvalue weighted by Gasteiger charge is 2.16. The van der Waals surface area contributed by atoms with E-state index >= 15 is 0 Å². The van der Waals surface area contributed by atoms with E-state index in [1.807, 2.05) is 19.1 Å². The Kier molecular flexibility index (Phi) is 5.63. The van der Waals surface area contributed by atoms with E-state index in [-0.39, 0.29) is 18.3 Å². The van der Waals surface area contributed by atoms with Crippen molar-refractivity contribution in [1.29, 1.82) is 0 Å². The molecule has 1 aliphatic rings. The molecule has 2 aromatic heterocycles. The molecule has 1 saturated heterocycles. The van der Waals surface area contributed by atoms with Gasteiger partial charge in [0.1, 0.15) is 11.5 Å². The molecular formula is C15H21ClN4O2. The number of aryl methyl sites for hydroxylation is 1. The van der Waals surface area contributed by atoms with Crippen molar-refractivity contribution in [3.63, 3.8) is 0 Å². The molecule has 3 rings (SSSR count). The first-order chi connectivity index (χ1) is 10.2. The maximum Gasteiger partial charge on any atom is 0.271 e. The molecule has 120 valence electrons. The van der Waals surface area contributed by atoms with Crippen molar-refractivity contribution in [2.45, 2.75) is 19.8 Å². The topological polar surface area (TPSA) is 83.0 Å². The minimum atomic E-state index is -0.147. The van der Waals surface area contributed by atoms with Crippen molar-refractivity contribution in [2.75, 3.05) is 19.6 Å². The highest BCUT2D eigenvalue weighted by Crippen LogP contribution is 2.20. The van der Waals surface area contributed by atoms with E-state index in [0.717, 1.165) is 25.3 Å². The SMILES string of the molecule is Cc1ccc(-c2cc(C(=O)NCC3CCCNC3)n[nH]2)o1.Cl. The summed E-state index contributed by atoms with van der Waals surface area (Å²) >= 11 is 0. The number of piperidine rings is 1. The van der Waals surface area contributed by atoms with Gasteiger partial charge in [-0.1, -0.05) is 0 Å². The molecule has 0 aliphatic carbocycles. The zero-order valence-corrected chi connectivity index (χ0v) is 13.3. The van der Waals surface area contributed by atoms with Gasteiger partial charge in [0.25, 0.3) is 5.91 Å². The van der Waals surface area contributed by atoms with Gasteiger partial charge < -0.3 is 15.1 Å². The number of aromatic amines is 1. The average molecular weight is 325 g/mol. The van der Waals surface area contributed by atoms with Crippen LogP contribution in [-0.4, -0.2) is 35.7 Å². The summed E-state index contributed by atoms with van der Waals surface area (Å²) in [6.07, 6.45) is 2.33. The monoisotopic (exact) mass is 324 g/mol. The quantitative estimate of drug-likeness (QED) is 0.804. The normalized spacial score (nSPS) is 17.8. The van der Waals surface area contributed by atoms with E-state index in [0.29, 0.717) is 29.6 Å². The molecule has 1 amide bonds. The Morgan fingerprint density at radius 3 is 3.05 bits per heavy atom. The van der Waals surface area contributed by atoms with Crippen LogP contribution in [0.3, 0.4) is 0 Å². The summed E-state index contributed by atoms with van der Waals surface area (Å²) in [6.45, 7) is 4.62. The predicted octanol–water partition coefficient (Wildman–Crippen LogP) is 2.13. The predicted molar refractivity (Wildman–Crippen MR) is 86.2 cm³/mol. The first-order valence-corrected chi connectivity index (χ1v) is 7.33. The van der Waals surface area contributed by atoms with Gasteiger partial charge in [0, 0.05) is 12.6 Å². The maximum atomic E-state index is 12.1. The second-order valence-electron chi connectivity index (χ2n) is 5.50. The summed E-state index contributed by atoms with van der Waals surface area (Å²) in [5.74, 6) is 1.88. The van der Waals surface area contributed by atoms with Gasteiger partial charge in [-0.15, -0.1) is 12.4 Å². The lowest BCUT2D eigenvalue weighted by Gasteiger charge is -2.22. The molecule has 1 fully saturated rings. The third kappa shape index (κ3) is 3.90. The van der Waals surface area contributed by atoms with E-state index in [9.17, 15) is 4.79 Å². The Bertz CT molecular complexity index is 617. The number of hydrogen-bond donors (Lipinski definition) is 3. The highest BCUT2D eigenvalue weighted by molar-refractivity contribution is 5.93. The van der Waals surface area contributed by atoms with E-state index in [2.05, 4.69) is 20.8 Å². The Balaban J connectivity index is 0.00000176. The molecule has 0 radical (unpaired) electrons. The second kappa shape index (κ2) is 7.47. The summed E-state index contributed by atoms with van der Waals surface area (Å²) < 4.78 is 5.51. The van der Waals surface area contributed by atoms with Crippen LogP contribution in [0.2, 0.25) is 0 Å². The number of aromatic nitrogens is 2.